The Morgan fingerprint density at radius 3 is 3.00 bits per heavy atom. The molecule has 16 heavy (non-hydrogen) atoms. The van der Waals surface area contributed by atoms with Gasteiger partial charge in [0.2, 0.25) is 5.91 Å². The number of carbonyl (C=O) groups is 1. The second-order valence-corrected chi connectivity index (χ2v) is 4.61. The zero-order valence-corrected chi connectivity index (χ0v) is 10.4. The van der Waals surface area contributed by atoms with Gasteiger partial charge in [-0.3, -0.25) is 9.78 Å². The number of anilines is 1. The molecule has 1 amide bonds. The minimum atomic E-state index is -0.451. The van der Waals surface area contributed by atoms with E-state index >= 15 is 0 Å². The molecule has 0 unspecified atom stereocenters. The van der Waals surface area contributed by atoms with E-state index in [0.717, 1.165) is 11.3 Å². The number of aryl methyl sites for hydroxylation is 1. The van der Waals surface area contributed by atoms with Crippen LogP contribution in [0.2, 0.25) is 0 Å². The molecular formula is C11H17N3OS. The van der Waals surface area contributed by atoms with Crippen LogP contribution in [0, 0.1) is 6.92 Å². The number of aromatic nitrogens is 1. The van der Waals surface area contributed by atoms with Crippen LogP contribution in [0.1, 0.15) is 12.0 Å². The van der Waals surface area contributed by atoms with E-state index in [1.54, 1.807) is 24.2 Å². The number of nitrogens with two attached hydrogens (primary N) is 1. The molecule has 0 aliphatic carbocycles. The molecule has 1 aromatic rings. The van der Waals surface area contributed by atoms with E-state index in [9.17, 15) is 4.79 Å². The molecule has 4 nitrogen and oxygen atoms in total. The number of amides is 1. The van der Waals surface area contributed by atoms with Gasteiger partial charge in [-0.25, -0.2) is 0 Å². The maximum Gasteiger partial charge on any atom is 0.241 e. The Hall–Kier alpha value is -1.07. The van der Waals surface area contributed by atoms with E-state index in [-0.39, 0.29) is 5.91 Å². The summed E-state index contributed by atoms with van der Waals surface area (Å²) in [5, 5.41) is 2.76. The molecular weight excluding hydrogens is 222 g/mol. The standard InChI is InChI=1S/C11H17N3OS/c1-8-5-9(7-13-6-8)14-11(15)10(12)3-4-16-2/h5-7,10H,3-4,12H2,1-2H3,(H,14,15)/t10-/m1/s1. The smallest absolute Gasteiger partial charge is 0.241 e. The average molecular weight is 239 g/mol. The summed E-state index contributed by atoms with van der Waals surface area (Å²) in [5.74, 6) is 0.738. The molecule has 0 aliphatic heterocycles. The summed E-state index contributed by atoms with van der Waals surface area (Å²) in [7, 11) is 0. The van der Waals surface area contributed by atoms with Crippen molar-refractivity contribution in [1.82, 2.24) is 4.98 Å². The summed E-state index contributed by atoms with van der Waals surface area (Å²) in [6.45, 7) is 1.93. The number of pyridine rings is 1. The maximum atomic E-state index is 11.7. The van der Waals surface area contributed by atoms with Crippen molar-refractivity contribution >= 4 is 23.4 Å². The van der Waals surface area contributed by atoms with Crippen LogP contribution in [0.25, 0.3) is 0 Å². The van der Waals surface area contributed by atoms with Gasteiger partial charge in [0.1, 0.15) is 0 Å². The van der Waals surface area contributed by atoms with Crippen molar-refractivity contribution in [2.75, 3.05) is 17.3 Å². The molecule has 0 bridgehead atoms. The Morgan fingerprint density at radius 1 is 1.62 bits per heavy atom. The lowest BCUT2D eigenvalue weighted by Gasteiger charge is -2.11. The Kier molecular flexibility index (Phi) is 5.28. The lowest BCUT2D eigenvalue weighted by atomic mass is 10.2. The van der Waals surface area contributed by atoms with Gasteiger partial charge in [0.25, 0.3) is 0 Å². The van der Waals surface area contributed by atoms with E-state index in [1.807, 2.05) is 19.2 Å². The monoisotopic (exact) mass is 239 g/mol. The normalized spacial score (nSPS) is 12.2. The third kappa shape index (κ3) is 4.20. The van der Waals surface area contributed by atoms with Gasteiger partial charge in [0, 0.05) is 6.20 Å². The molecule has 1 atom stereocenters. The van der Waals surface area contributed by atoms with Crippen LogP contribution in [0.5, 0.6) is 0 Å². The molecule has 1 rings (SSSR count). The number of thioether (sulfide) groups is 1. The minimum Gasteiger partial charge on any atom is -0.323 e. The first-order valence-electron chi connectivity index (χ1n) is 5.10. The van der Waals surface area contributed by atoms with Crippen molar-refractivity contribution < 1.29 is 4.79 Å². The molecule has 0 saturated carbocycles. The van der Waals surface area contributed by atoms with Gasteiger partial charge in [0.05, 0.1) is 17.9 Å². The molecule has 1 heterocycles. The van der Waals surface area contributed by atoms with Crippen molar-refractivity contribution in [3.8, 4) is 0 Å². The summed E-state index contributed by atoms with van der Waals surface area (Å²) in [5.41, 5.74) is 7.45. The van der Waals surface area contributed by atoms with Crippen molar-refractivity contribution in [1.29, 1.82) is 0 Å². The molecule has 0 spiro atoms. The minimum absolute atomic E-state index is 0.151. The van der Waals surface area contributed by atoms with Gasteiger partial charge in [-0.15, -0.1) is 0 Å². The van der Waals surface area contributed by atoms with Crippen LogP contribution >= 0.6 is 11.8 Å². The number of nitrogens with zero attached hydrogens (tertiary/aromatic N) is 1. The topological polar surface area (TPSA) is 68.0 Å². The molecule has 0 fully saturated rings. The summed E-state index contributed by atoms with van der Waals surface area (Å²) < 4.78 is 0. The quantitative estimate of drug-likeness (QED) is 0.815. The van der Waals surface area contributed by atoms with Gasteiger partial charge >= 0.3 is 0 Å². The zero-order chi connectivity index (χ0) is 12.0. The fourth-order valence-electron chi connectivity index (χ4n) is 1.23. The number of rotatable bonds is 5. The first-order chi connectivity index (χ1) is 7.63. The highest BCUT2D eigenvalue weighted by atomic mass is 32.2. The molecule has 88 valence electrons. The largest absolute Gasteiger partial charge is 0.323 e. The van der Waals surface area contributed by atoms with Gasteiger partial charge in [0.15, 0.2) is 0 Å². The molecule has 0 saturated heterocycles. The number of hydrogen-bond acceptors (Lipinski definition) is 4. The highest BCUT2D eigenvalue weighted by Crippen LogP contribution is 2.08. The van der Waals surface area contributed by atoms with E-state index in [0.29, 0.717) is 12.1 Å². The van der Waals surface area contributed by atoms with Crippen molar-refractivity contribution in [2.45, 2.75) is 19.4 Å². The Bertz CT molecular complexity index is 357. The molecule has 3 N–H and O–H groups in total. The third-order valence-corrected chi connectivity index (χ3v) is 2.76. The van der Waals surface area contributed by atoms with Crippen LogP contribution in [-0.4, -0.2) is 28.9 Å². The summed E-state index contributed by atoms with van der Waals surface area (Å²) >= 11 is 1.68. The number of nitrogens with one attached hydrogen (secondary N) is 1. The summed E-state index contributed by atoms with van der Waals surface area (Å²) in [4.78, 5) is 15.7. The van der Waals surface area contributed by atoms with E-state index < -0.39 is 6.04 Å². The molecule has 5 heteroatoms. The second-order valence-electron chi connectivity index (χ2n) is 3.63. The summed E-state index contributed by atoms with van der Waals surface area (Å²) in [6.07, 6.45) is 6.04. The maximum absolute atomic E-state index is 11.7. The fourth-order valence-corrected chi connectivity index (χ4v) is 1.72. The molecule has 0 aliphatic rings. The highest BCUT2D eigenvalue weighted by molar-refractivity contribution is 7.98. The number of hydrogen-bond donors (Lipinski definition) is 2. The highest BCUT2D eigenvalue weighted by Gasteiger charge is 2.12. The second kappa shape index (κ2) is 6.50. The fraction of sp³-hybridized carbons (Fsp3) is 0.455. The van der Waals surface area contributed by atoms with Gasteiger partial charge in [-0.2, -0.15) is 11.8 Å². The van der Waals surface area contributed by atoms with Gasteiger partial charge in [-0.1, -0.05) is 0 Å². The lowest BCUT2D eigenvalue weighted by molar-refractivity contribution is -0.117. The number of carbonyl (C=O) groups excluding carboxylic acids is 1. The lowest BCUT2D eigenvalue weighted by Crippen LogP contribution is -2.36. The van der Waals surface area contributed by atoms with E-state index in [1.165, 1.54) is 0 Å². The molecule has 0 radical (unpaired) electrons. The Balaban J connectivity index is 2.50. The Morgan fingerprint density at radius 2 is 2.38 bits per heavy atom. The van der Waals surface area contributed by atoms with Crippen LogP contribution in [0.3, 0.4) is 0 Å². The van der Waals surface area contributed by atoms with Gasteiger partial charge < -0.3 is 11.1 Å². The molecule has 1 aromatic heterocycles. The predicted molar refractivity (Wildman–Crippen MR) is 68.6 cm³/mol. The van der Waals surface area contributed by atoms with E-state index in [4.69, 9.17) is 5.73 Å². The Labute approximate surface area is 100 Å². The van der Waals surface area contributed by atoms with Crippen LogP contribution in [-0.2, 0) is 4.79 Å². The summed E-state index contributed by atoms with van der Waals surface area (Å²) in [6, 6.07) is 1.42. The van der Waals surface area contributed by atoms with Crippen LogP contribution < -0.4 is 11.1 Å². The van der Waals surface area contributed by atoms with Crippen LogP contribution in [0.4, 0.5) is 5.69 Å². The zero-order valence-electron chi connectivity index (χ0n) is 9.56. The van der Waals surface area contributed by atoms with Crippen molar-refractivity contribution in [3.05, 3.63) is 24.0 Å². The van der Waals surface area contributed by atoms with E-state index in [2.05, 4.69) is 10.3 Å². The SMILES string of the molecule is CSCC[C@@H](N)C(=O)Nc1cncc(C)c1. The average Bonchev–Trinajstić information content (AvgIpc) is 2.25. The predicted octanol–water partition coefficient (Wildman–Crippen LogP) is 1.41. The third-order valence-electron chi connectivity index (χ3n) is 2.11. The van der Waals surface area contributed by atoms with Crippen molar-refractivity contribution in [3.63, 3.8) is 0 Å². The first-order valence-corrected chi connectivity index (χ1v) is 6.50. The van der Waals surface area contributed by atoms with Crippen molar-refractivity contribution in [2.24, 2.45) is 5.73 Å². The van der Waals surface area contributed by atoms with Gasteiger partial charge in [-0.05, 0) is 37.0 Å². The van der Waals surface area contributed by atoms with Crippen LogP contribution in [0.15, 0.2) is 18.5 Å². The molecule has 0 aromatic carbocycles. The first kappa shape index (κ1) is 13.0.